The van der Waals surface area contributed by atoms with E-state index in [1.54, 1.807) is 0 Å². The van der Waals surface area contributed by atoms with Crippen molar-refractivity contribution in [2.75, 3.05) is 0 Å². The standard InChI is InChI=1S/B.Cr.Cu.Fe.Nb.Si. The van der Waals surface area contributed by atoms with Gasteiger partial charge in [-0.2, -0.15) is 0 Å². The predicted octanol–water partition coefficient (Wildman–Crippen LogP) is -0.772. The fraction of sp³-hybridized carbons (Fsp3) is 0. The van der Waals surface area contributed by atoms with E-state index in [1.165, 1.54) is 0 Å². The van der Waals surface area contributed by atoms with Crippen molar-refractivity contribution in [3.8, 4) is 0 Å². The molecule has 0 spiro atoms. The van der Waals surface area contributed by atoms with Crippen LogP contribution < -0.4 is 0 Å². The fourth-order valence-corrected chi connectivity index (χ4v) is 0. The van der Waals surface area contributed by atoms with Gasteiger partial charge in [-0.3, -0.25) is 0 Å². The first-order valence-electron chi connectivity index (χ1n) is 0. The number of hydrogen-bond acceptors (Lipinski definition) is 0. The van der Waals surface area contributed by atoms with Crippen LogP contribution in [0.25, 0.3) is 0 Å². The summed E-state index contributed by atoms with van der Waals surface area (Å²) in [6.45, 7) is 0. The molecule has 0 atom stereocenters. The molecule has 6 heavy (non-hydrogen) atoms. The Bertz CT molecular complexity index is 15.5. The summed E-state index contributed by atoms with van der Waals surface area (Å²) >= 11 is 0. The molecule has 0 saturated heterocycles. The molecule has 0 aromatic heterocycles. The van der Waals surface area contributed by atoms with E-state index in [4.69, 9.17) is 0 Å². The van der Waals surface area contributed by atoms with Gasteiger partial charge in [0.25, 0.3) is 0 Å². The molecule has 0 N–H and O–H groups in total. The first-order valence-corrected chi connectivity index (χ1v) is 0. The molecule has 0 unspecified atom stereocenters. The molecule has 0 heterocycles. The van der Waals surface area contributed by atoms with Gasteiger partial charge in [-0.05, 0) is 0 Å². The molecule has 0 aromatic carbocycles. The Morgan fingerprint density at radius 3 is 1.00 bits per heavy atom. The Labute approximate surface area is 92.2 Å². The second-order valence-corrected chi connectivity index (χ2v) is 0. The first-order chi connectivity index (χ1) is 0. The van der Waals surface area contributed by atoms with Crippen LogP contribution >= 0.6 is 0 Å². The van der Waals surface area contributed by atoms with Crippen molar-refractivity contribution in [2.45, 2.75) is 0 Å². The Morgan fingerprint density at radius 2 is 1.00 bits per heavy atom. The molecule has 0 saturated carbocycles. The summed E-state index contributed by atoms with van der Waals surface area (Å²) in [5, 5.41) is 0. The predicted molar refractivity (Wildman–Crippen MR) is 11.5 cm³/mol. The minimum absolute atomic E-state index is 0. The maximum atomic E-state index is 0. The van der Waals surface area contributed by atoms with Crippen molar-refractivity contribution in [2.24, 2.45) is 0 Å². The van der Waals surface area contributed by atoms with Crippen LogP contribution in [0.1, 0.15) is 0 Å². The van der Waals surface area contributed by atoms with E-state index < -0.39 is 0 Å². The maximum Gasteiger partial charge on any atom is 0 e. The molecular formula is BCrCuFeNbSi. The van der Waals surface area contributed by atoms with E-state index in [-0.39, 0.29) is 93.3 Å². The third-order valence-electron chi connectivity index (χ3n) is 0. The molecule has 0 aromatic rings. The van der Waals surface area contributed by atoms with Crippen molar-refractivity contribution in [3.05, 3.63) is 0 Å². The van der Waals surface area contributed by atoms with Gasteiger partial charge in [0.1, 0.15) is 0 Å². The van der Waals surface area contributed by atoms with Crippen LogP contribution in [0.2, 0.25) is 0 Å². The Morgan fingerprint density at radius 1 is 1.00 bits per heavy atom. The van der Waals surface area contributed by atoms with Gasteiger partial charge in [-0.1, -0.05) is 0 Å². The second-order valence-electron chi connectivity index (χ2n) is 0. The molecule has 0 aliphatic rings. The normalized spacial score (nSPS) is 0. The average Bonchev–Trinajstić information content (AvgIpc) is 0. The van der Waals surface area contributed by atoms with Gasteiger partial charge in [-0.15, -0.1) is 0 Å². The van der Waals surface area contributed by atoms with Crippen LogP contribution in [0.3, 0.4) is 0 Å². The molecule has 0 rings (SSSR count). The van der Waals surface area contributed by atoms with Gasteiger partial charge in [0.05, 0.1) is 0 Å². The van der Waals surface area contributed by atoms with Gasteiger partial charge in [0, 0.05) is 93.3 Å². The monoisotopic (exact) mass is 303 g/mol. The van der Waals surface area contributed by atoms with Crippen molar-refractivity contribution >= 4 is 19.4 Å². The van der Waals surface area contributed by atoms with Crippen LogP contribution in [0.15, 0.2) is 0 Å². The molecule has 0 fully saturated rings. The van der Waals surface area contributed by atoms with Crippen molar-refractivity contribution in [1.29, 1.82) is 0 Å². The molecule has 0 amide bonds. The third kappa shape index (κ3) is 30.7. The van der Waals surface area contributed by atoms with Crippen molar-refractivity contribution in [3.63, 3.8) is 0 Å². The molecule has 37 valence electrons. The Hall–Kier alpha value is 2.59. The molecular weight excluding hydrogens is 303 g/mol. The van der Waals surface area contributed by atoms with Crippen molar-refractivity contribution < 1.29 is 73.9 Å². The summed E-state index contributed by atoms with van der Waals surface area (Å²) in [4.78, 5) is 0. The number of rotatable bonds is 0. The zero-order valence-corrected chi connectivity index (χ0v) is 9.11. The van der Waals surface area contributed by atoms with Gasteiger partial charge in [0.2, 0.25) is 0 Å². The molecule has 0 aliphatic heterocycles. The van der Waals surface area contributed by atoms with Crippen molar-refractivity contribution in [1.82, 2.24) is 0 Å². The van der Waals surface area contributed by atoms with Crippen LogP contribution in [-0.2, 0) is 73.9 Å². The second kappa shape index (κ2) is 49.1. The summed E-state index contributed by atoms with van der Waals surface area (Å²) in [5.41, 5.74) is 0. The van der Waals surface area contributed by atoms with Gasteiger partial charge >= 0.3 is 0 Å². The SMILES string of the molecule is [B].[Cr].[Cu].[Fe].[Nb].[Si]. The summed E-state index contributed by atoms with van der Waals surface area (Å²) in [5.74, 6) is 0. The Kier molecular flexibility index (Phi) is 603. The molecule has 0 aliphatic carbocycles. The average molecular weight is 303 g/mol. The smallest absolute Gasteiger partial charge is 0 e. The summed E-state index contributed by atoms with van der Waals surface area (Å²) in [6, 6.07) is 0. The minimum Gasteiger partial charge on any atom is 0 e. The van der Waals surface area contributed by atoms with Crippen LogP contribution in [0.4, 0.5) is 0 Å². The fourth-order valence-electron chi connectivity index (χ4n) is 0. The maximum absolute atomic E-state index is 0. The molecule has 0 nitrogen and oxygen atoms in total. The van der Waals surface area contributed by atoms with Crippen LogP contribution in [-0.4, -0.2) is 19.4 Å². The zero-order chi connectivity index (χ0) is 0. The first kappa shape index (κ1) is 73.7. The van der Waals surface area contributed by atoms with E-state index in [1.807, 2.05) is 0 Å². The summed E-state index contributed by atoms with van der Waals surface area (Å²) in [6.07, 6.45) is 0. The summed E-state index contributed by atoms with van der Waals surface area (Å²) < 4.78 is 0. The summed E-state index contributed by atoms with van der Waals surface area (Å²) in [7, 11) is 0. The quantitative estimate of drug-likeness (QED) is 0.516. The number of hydrogen-bond donors (Lipinski definition) is 0. The zero-order valence-electron chi connectivity index (χ0n) is 2.59. The van der Waals surface area contributed by atoms with Gasteiger partial charge in [0.15, 0.2) is 0 Å². The minimum atomic E-state index is 0. The van der Waals surface area contributed by atoms with E-state index in [0.29, 0.717) is 0 Å². The third-order valence-corrected chi connectivity index (χ3v) is 0. The van der Waals surface area contributed by atoms with Gasteiger partial charge in [-0.25, -0.2) is 0 Å². The van der Waals surface area contributed by atoms with Crippen LogP contribution in [0.5, 0.6) is 0 Å². The van der Waals surface area contributed by atoms with E-state index in [0.717, 1.165) is 0 Å². The molecule has 9 radical (unpaired) electrons. The van der Waals surface area contributed by atoms with E-state index in [2.05, 4.69) is 0 Å². The van der Waals surface area contributed by atoms with E-state index >= 15 is 0 Å². The van der Waals surface area contributed by atoms with E-state index in [9.17, 15) is 0 Å². The molecule has 6 heteroatoms. The topological polar surface area (TPSA) is 0 Å². The largest absolute Gasteiger partial charge is 0 e. The van der Waals surface area contributed by atoms with Crippen LogP contribution in [0, 0.1) is 0 Å². The van der Waals surface area contributed by atoms with Gasteiger partial charge < -0.3 is 0 Å². The Balaban J connectivity index is 0. The molecule has 0 bridgehead atoms.